The molecule has 0 atom stereocenters. The average molecular weight is 390 g/mol. The van der Waals surface area contributed by atoms with Gasteiger partial charge in [-0.1, -0.05) is 35.5 Å². The van der Waals surface area contributed by atoms with Gasteiger partial charge in [-0.2, -0.15) is 9.78 Å². The third-order valence-corrected chi connectivity index (χ3v) is 3.90. The lowest BCUT2D eigenvalue weighted by atomic mass is 10.1. The van der Waals surface area contributed by atoms with Crippen LogP contribution in [0.25, 0.3) is 17.1 Å². The third-order valence-electron chi connectivity index (χ3n) is 3.90. The number of anilines is 1. The lowest BCUT2D eigenvalue weighted by molar-refractivity contribution is 0.0948. The standard InChI is InChI=1S/C18H14N8O3/c19-16-17(24-29-23-16)26-15(14(21-25-26)12-4-2-1-3-5-12)18(28)22-20-10-11-6-8-13(27)9-7-11/h1-10,27H,(H2,19,23)(H,22,28)/b20-10-. The van der Waals surface area contributed by atoms with E-state index in [1.165, 1.54) is 18.3 Å². The van der Waals surface area contributed by atoms with Crippen LogP contribution in [0.5, 0.6) is 5.75 Å². The minimum absolute atomic E-state index is 0.0346. The van der Waals surface area contributed by atoms with Gasteiger partial charge >= 0.3 is 0 Å². The second kappa shape index (κ2) is 7.60. The molecule has 0 saturated heterocycles. The van der Waals surface area contributed by atoms with Gasteiger partial charge in [0.15, 0.2) is 5.69 Å². The number of hydrogen-bond donors (Lipinski definition) is 3. The largest absolute Gasteiger partial charge is 0.508 e. The number of aromatic nitrogens is 5. The number of rotatable bonds is 5. The van der Waals surface area contributed by atoms with E-state index in [-0.39, 0.29) is 23.1 Å². The molecule has 11 heteroatoms. The van der Waals surface area contributed by atoms with Crippen LogP contribution in [-0.4, -0.2) is 42.5 Å². The zero-order valence-electron chi connectivity index (χ0n) is 14.8. The number of carbonyl (C=O) groups is 1. The highest BCUT2D eigenvalue weighted by molar-refractivity contribution is 5.99. The molecule has 11 nitrogen and oxygen atoms in total. The van der Waals surface area contributed by atoms with E-state index in [2.05, 4.69) is 35.8 Å². The number of hydrogen-bond acceptors (Lipinski definition) is 9. The Morgan fingerprint density at radius 2 is 1.90 bits per heavy atom. The predicted octanol–water partition coefficient (Wildman–Crippen LogP) is 1.37. The van der Waals surface area contributed by atoms with E-state index >= 15 is 0 Å². The maximum Gasteiger partial charge on any atom is 0.292 e. The highest BCUT2D eigenvalue weighted by atomic mass is 16.6. The molecule has 2 heterocycles. The number of carbonyl (C=O) groups excluding carboxylic acids is 1. The van der Waals surface area contributed by atoms with Crippen molar-refractivity contribution in [3.63, 3.8) is 0 Å². The molecule has 0 fully saturated rings. The number of nitrogens with two attached hydrogens (primary N) is 1. The predicted molar refractivity (Wildman–Crippen MR) is 102 cm³/mol. The number of aromatic hydroxyl groups is 1. The molecule has 4 N–H and O–H groups in total. The first kappa shape index (κ1) is 17.9. The summed E-state index contributed by atoms with van der Waals surface area (Å²) in [5.74, 6) is -0.470. The molecule has 0 spiro atoms. The van der Waals surface area contributed by atoms with Gasteiger partial charge in [0, 0.05) is 5.56 Å². The number of nitrogens with zero attached hydrogens (tertiary/aromatic N) is 6. The van der Waals surface area contributed by atoms with Crippen LogP contribution in [0.1, 0.15) is 16.1 Å². The maximum atomic E-state index is 12.9. The average Bonchev–Trinajstić information content (AvgIpc) is 3.36. The molecule has 2 aromatic heterocycles. The van der Waals surface area contributed by atoms with Gasteiger partial charge in [-0.05, 0) is 40.1 Å². The Hall–Kier alpha value is -4.54. The lowest BCUT2D eigenvalue weighted by Gasteiger charge is -2.04. The van der Waals surface area contributed by atoms with Crippen molar-refractivity contribution in [3.8, 4) is 22.8 Å². The van der Waals surface area contributed by atoms with Crippen LogP contribution in [0, 0.1) is 0 Å². The fraction of sp³-hybridized carbons (Fsp3) is 0. The van der Waals surface area contributed by atoms with Gasteiger partial charge in [-0.15, -0.1) is 5.10 Å². The number of nitrogen functional groups attached to an aromatic ring is 1. The van der Waals surface area contributed by atoms with Gasteiger partial charge in [0.25, 0.3) is 5.91 Å². The summed E-state index contributed by atoms with van der Waals surface area (Å²) in [6.45, 7) is 0. The lowest BCUT2D eigenvalue weighted by Crippen LogP contribution is -2.22. The van der Waals surface area contributed by atoms with Crippen LogP contribution in [0.3, 0.4) is 0 Å². The van der Waals surface area contributed by atoms with Gasteiger partial charge in [-0.25, -0.2) is 10.1 Å². The normalized spacial score (nSPS) is 11.0. The van der Waals surface area contributed by atoms with Crippen molar-refractivity contribution in [1.29, 1.82) is 0 Å². The van der Waals surface area contributed by atoms with Gasteiger partial charge in [0.2, 0.25) is 11.6 Å². The van der Waals surface area contributed by atoms with Crippen molar-refractivity contribution in [2.24, 2.45) is 5.10 Å². The zero-order valence-corrected chi connectivity index (χ0v) is 14.8. The summed E-state index contributed by atoms with van der Waals surface area (Å²) in [7, 11) is 0. The van der Waals surface area contributed by atoms with Crippen molar-refractivity contribution in [2.75, 3.05) is 5.73 Å². The molecular weight excluding hydrogens is 376 g/mol. The molecule has 4 rings (SSSR count). The van der Waals surface area contributed by atoms with Crippen molar-refractivity contribution >= 4 is 17.9 Å². The smallest absolute Gasteiger partial charge is 0.292 e. The monoisotopic (exact) mass is 390 g/mol. The van der Waals surface area contributed by atoms with E-state index in [4.69, 9.17) is 5.73 Å². The molecule has 0 radical (unpaired) electrons. The number of amides is 1. The molecule has 0 unspecified atom stereocenters. The first-order valence-corrected chi connectivity index (χ1v) is 8.35. The summed E-state index contributed by atoms with van der Waals surface area (Å²) in [4.78, 5) is 12.9. The number of hydrazone groups is 1. The third kappa shape index (κ3) is 3.64. The Kier molecular flexibility index (Phi) is 4.68. The zero-order chi connectivity index (χ0) is 20.2. The Labute approximate surface area is 163 Å². The second-order valence-corrected chi connectivity index (χ2v) is 5.83. The second-order valence-electron chi connectivity index (χ2n) is 5.83. The van der Waals surface area contributed by atoms with Gasteiger partial charge in [-0.3, -0.25) is 4.79 Å². The molecule has 0 saturated carbocycles. The fourth-order valence-corrected chi connectivity index (χ4v) is 2.54. The molecule has 4 aromatic rings. The Morgan fingerprint density at radius 3 is 2.59 bits per heavy atom. The van der Waals surface area contributed by atoms with E-state index in [1.54, 1.807) is 24.3 Å². The van der Waals surface area contributed by atoms with Crippen molar-refractivity contribution in [1.82, 2.24) is 30.7 Å². The summed E-state index contributed by atoms with van der Waals surface area (Å²) < 4.78 is 5.74. The van der Waals surface area contributed by atoms with E-state index in [1.807, 2.05) is 18.2 Å². The van der Waals surface area contributed by atoms with Crippen LogP contribution in [-0.2, 0) is 0 Å². The van der Waals surface area contributed by atoms with Gasteiger partial charge in [0.1, 0.15) is 11.4 Å². The molecule has 1 amide bonds. The highest BCUT2D eigenvalue weighted by Crippen LogP contribution is 2.24. The minimum atomic E-state index is -0.591. The van der Waals surface area contributed by atoms with E-state index in [0.29, 0.717) is 16.8 Å². The molecule has 0 aliphatic heterocycles. The summed E-state index contributed by atoms with van der Waals surface area (Å²) in [5, 5.41) is 28.5. The summed E-state index contributed by atoms with van der Waals surface area (Å²) in [6, 6.07) is 15.4. The molecule has 2 aromatic carbocycles. The highest BCUT2D eigenvalue weighted by Gasteiger charge is 2.25. The molecule has 0 aliphatic carbocycles. The molecule has 0 aliphatic rings. The van der Waals surface area contributed by atoms with E-state index in [0.717, 1.165) is 4.68 Å². The van der Waals surface area contributed by atoms with Crippen LogP contribution >= 0.6 is 0 Å². The SMILES string of the molecule is Nc1nonc1-n1nnc(-c2ccccc2)c1C(=O)N/N=C\c1ccc(O)cc1. The number of nitrogens with one attached hydrogen (secondary N) is 1. The van der Waals surface area contributed by atoms with Crippen molar-refractivity contribution in [3.05, 3.63) is 65.9 Å². The summed E-state index contributed by atoms with van der Waals surface area (Å²) in [6.07, 6.45) is 1.43. The molecular formula is C18H14N8O3. The fourth-order valence-electron chi connectivity index (χ4n) is 2.54. The first-order valence-electron chi connectivity index (χ1n) is 8.35. The molecule has 29 heavy (non-hydrogen) atoms. The topological polar surface area (TPSA) is 157 Å². The van der Waals surface area contributed by atoms with Crippen LogP contribution < -0.4 is 11.2 Å². The number of benzene rings is 2. The minimum Gasteiger partial charge on any atom is -0.508 e. The Morgan fingerprint density at radius 1 is 1.14 bits per heavy atom. The quantitative estimate of drug-likeness (QED) is 0.340. The van der Waals surface area contributed by atoms with E-state index < -0.39 is 5.91 Å². The maximum absolute atomic E-state index is 12.9. The van der Waals surface area contributed by atoms with Crippen molar-refractivity contribution in [2.45, 2.75) is 0 Å². The Bertz CT molecular complexity index is 1170. The van der Waals surface area contributed by atoms with Crippen LogP contribution in [0.4, 0.5) is 5.82 Å². The molecule has 0 bridgehead atoms. The molecule has 144 valence electrons. The van der Waals surface area contributed by atoms with Crippen LogP contribution in [0.15, 0.2) is 64.3 Å². The summed E-state index contributed by atoms with van der Waals surface area (Å²) in [5.41, 5.74) is 9.89. The number of phenolic OH excluding ortho intramolecular Hbond substituents is 1. The van der Waals surface area contributed by atoms with Crippen LogP contribution in [0.2, 0.25) is 0 Å². The number of phenols is 1. The Balaban J connectivity index is 1.68. The summed E-state index contributed by atoms with van der Waals surface area (Å²) >= 11 is 0. The first-order chi connectivity index (χ1) is 14.1. The van der Waals surface area contributed by atoms with Crippen molar-refractivity contribution < 1.29 is 14.5 Å². The van der Waals surface area contributed by atoms with Gasteiger partial charge < -0.3 is 10.8 Å². The van der Waals surface area contributed by atoms with E-state index in [9.17, 15) is 9.90 Å². The van der Waals surface area contributed by atoms with Gasteiger partial charge in [0.05, 0.1) is 6.21 Å².